The van der Waals surface area contributed by atoms with E-state index in [4.69, 9.17) is 14.2 Å². The number of carbonyl (C=O) groups is 6. The van der Waals surface area contributed by atoms with Crippen LogP contribution in [0.2, 0.25) is 0 Å². The van der Waals surface area contributed by atoms with Crippen LogP contribution in [0.25, 0.3) is 0 Å². The summed E-state index contributed by atoms with van der Waals surface area (Å²) in [5.74, 6) is -5.61. The molecule has 0 aromatic heterocycles. The summed E-state index contributed by atoms with van der Waals surface area (Å²) in [6, 6.07) is -3.32. The Morgan fingerprint density at radius 1 is 0.417 bits per heavy atom. The second kappa shape index (κ2) is 18.5. The molecule has 1 aliphatic heterocycles. The maximum Gasteiger partial charge on any atom is 0.329 e. The van der Waals surface area contributed by atoms with Gasteiger partial charge in [-0.2, -0.15) is 0 Å². The van der Waals surface area contributed by atoms with Crippen molar-refractivity contribution in [2.24, 2.45) is 35.5 Å². The van der Waals surface area contributed by atoms with E-state index in [1.165, 1.54) is 35.8 Å². The van der Waals surface area contributed by atoms with E-state index in [-0.39, 0.29) is 37.0 Å². The average Bonchev–Trinajstić information content (AvgIpc) is 2.93. The third-order valence-corrected chi connectivity index (χ3v) is 8.57. The average molecular weight is 682 g/mol. The molecule has 0 aromatic carbocycles. The molecular formula is C36H63N3O9. The van der Waals surface area contributed by atoms with Crippen LogP contribution in [0.15, 0.2) is 0 Å². The smallest absolute Gasteiger partial charge is 0.329 e. The first-order valence-corrected chi connectivity index (χ1v) is 17.4. The lowest BCUT2D eigenvalue weighted by Crippen LogP contribution is -2.56. The highest BCUT2D eigenvalue weighted by molar-refractivity contribution is 5.94. The Labute approximate surface area is 288 Å². The molecule has 1 rings (SSSR count). The van der Waals surface area contributed by atoms with Gasteiger partial charge in [0, 0.05) is 21.1 Å². The van der Waals surface area contributed by atoms with Crippen LogP contribution in [-0.2, 0) is 43.0 Å². The Morgan fingerprint density at radius 2 is 0.604 bits per heavy atom. The van der Waals surface area contributed by atoms with Gasteiger partial charge in [0.25, 0.3) is 17.7 Å². The van der Waals surface area contributed by atoms with Gasteiger partial charge < -0.3 is 28.9 Å². The minimum Gasteiger partial charge on any atom is -0.451 e. The second-order valence-electron chi connectivity index (χ2n) is 15.6. The molecule has 1 saturated heterocycles. The number of esters is 3. The van der Waals surface area contributed by atoms with Crippen molar-refractivity contribution in [2.45, 2.75) is 139 Å². The first-order chi connectivity index (χ1) is 22.0. The van der Waals surface area contributed by atoms with Gasteiger partial charge in [-0.05, 0) is 54.8 Å². The standard InChI is InChI=1S/C36H63N3O9/c1-19(2)16-25-31(40)37(13)29(23(9)10)35(44)47-27(18-21(5)6)33(42)39(15)30(24(11)12)36(45)48-26(17-20(3)4)32(41)38(14)28(22(7)8)34(43)46-25/h19-30H,16-18H2,1-15H3. The van der Waals surface area contributed by atoms with Gasteiger partial charge in [0.15, 0.2) is 18.3 Å². The number of ether oxygens (including phenoxy) is 3. The summed E-state index contributed by atoms with van der Waals surface area (Å²) in [5.41, 5.74) is 0. The lowest BCUT2D eigenvalue weighted by molar-refractivity contribution is -0.179. The highest BCUT2D eigenvalue weighted by Gasteiger charge is 2.44. The number of rotatable bonds is 9. The van der Waals surface area contributed by atoms with Crippen LogP contribution >= 0.6 is 0 Å². The van der Waals surface area contributed by atoms with Crippen molar-refractivity contribution in [3.63, 3.8) is 0 Å². The molecule has 6 atom stereocenters. The fourth-order valence-electron chi connectivity index (χ4n) is 6.24. The van der Waals surface area contributed by atoms with E-state index >= 15 is 0 Å². The summed E-state index contributed by atoms with van der Waals surface area (Å²) in [5, 5.41) is 0. The van der Waals surface area contributed by atoms with Crippen LogP contribution in [0.1, 0.15) is 102 Å². The molecule has 6 unspecified atom stereocenters. The molecular weight excluding hydrogens is 618 g/mol. The zero-order valence-electron chi connectivity index (χ0n) is 32.1. The number of hydrogen-bond acceptors (Lipinski definition) is 9. The predicted octanol–water partition coefficient (Wildman–Crippen LogP) is 4.32. The van der Waals surface area contributed by atoms with Crippen LogP contribution < -0.4 is 0 Å². The van der Waals surface area contributed by atoms with Crippen molar-refractivity contribution in [2.75, 3.05) is 21.1 Å². The summed E-state index contributed by atoms with van der Waals surface area (Å²) >= 11 is 0. The molecule has 1 heterocycles. The molecule has 1 fully saturated rings. The van der Waals surface area contributed by atoms with E-state index in [1.807, 2.05) is 41.5 Å². The molecule has 0 radical (unpaired) electrons. The minimum atomic E-state index is -1.25. The quantitative estimate of drug-likeness (QED) is 0.257. The Bertz CT molecular complexity index is 996. The van der Waals surface area contributed by atoms with Gasteiger partial charge in [0.2, 0.25) is 0 Å². The Morgan fingerprint density at radius 3 is 0.750 bits per heavy atom. The van der Waals surface area contributed by atoms with Crippen molar-refractivity contribution in [1.82, 2.24) is 14.7 Å². The summed E-state index contributed by atoms with van der Waals surface area (Å²) in [6.45, 7) is 21.8. The minimum absolute atomic E-state index is 0.0633. The molecule has 0 aromatic rings. The fourth-order valence-corrected chi connectivity index (χ4v) is 6.24. The topological polar surface area (TPSA) is 140 Å². The Hall–Kier alpha value is -3.18. The molecule has 0 spiro atoms. The molecule has 276 valence electrons. The van der Waals surface area contributed by atoms with Gasteiger partial charge in [-0.25, -0.2) is 14.4 Å². The normalized spacial score (nSPS) is 26.6. The van der Waals surface area contributed by atoms with Gasteiger partial charge in [-0.15, -0.1) is 0 Å². The van der Waals surface area contributed by atoms with Crippen LogP contribution in [0, 0.1) is 35.5 Å². The first kappa shape index (κ1) is 42.8. The summed E-state index contributed by atoms with van der Waals surface area (Å²) in [6.07, 6.45) is -3.26. The largest absolute Gasteiger partial charge is 0.451 e. The summed E-state index contributed by atoms with van der Waals surface area (Å²) in [4.78, 5) is 87.3. The summed E-state index contributed by atoms with van der Waals surface area (Å²) in [7, 11) is 4.36. The maximum absolute atomic E-state index is 14.0. The molecule has 12 heteroatoms. The van der Waals surface area contributed by atoms with Crippen molar-refractivity contribution in [1.29, 1.82) is 0 Å². The van der Waals surface area contributed by atoms with E-state index in [9.17, 15) is 28.8 Å². The first-order valence-electron chi connectivity index (χ1n) is 17.4. The molecule has 0 N–H and O–H groups in total. The number of cyclic esters (lactones) is 3. The van der Waals surface area contributed by atoms with Gasteiger partial charge in [0.1, 0.15) is 18.1 Å². The van der Waals surface area contributed by atoms with Gasteiger partial charge in [-0.1, -0.05) is 83.1 Å². The predicted molar refractivity (Wildman–Crippen MR) is 182 cm³/mol. The van der Waals surface area contributed by atoms with Crippen molar-refractivity contribution in [3.8, 4) is 0 Å². The number of hydrogen-bond donors (Lipinski definition) is 0. The van der Waals surface area contributed by atoms with E-state index < -0.39 is 89.8 Å². The van der Waals surface area contributed by atoms with Gasteiger partial charge in [-0.3, -0.25) is 14.4 Å². The van der Waals surface area contributed by atoms with Crippen molar-refractivity contribution < 1.29 is 43.0 Å². The highest BCUT2D eigenvalue weighted by Crippen LogP contribution is 2.25. The molecule has 0 saturated carbocycles. The maximum atomic E-state index is 14.0. The van der Waals surface area contributed by atoms with Crippen molar-refractivity contribution >= 4 is 35.6 Å². The van der Waals surface area contributed by atoms with E-state index in [0.717, 1.165) is 0 Å². The zero-order chi connectivity index (χ0) is 37.4. The molecule has 0 aliphatic carbocycles. The number of nitrogens with zero attached hydrogens (tertiary/aromatic N) is 3. The molecule has 48 heavy (non-hydrogen) atoms. The lowest BCUT2D eigenvalue weighted by Gasteiger charge is -2.37. The van der Waals surface area contributed by atoms with E-state index in [2.05, 4.69) is 0 Å². The van der Waals surface area contributed by atoms with E-state index in [0.29, 0.717) is 0 Å². The number of carbonyl (C=O) groups excluding carboxylic acids is 6. The number of amides is 3. The Balaban J connectivity index is 3.97. The molecule has 12 nitrogen and oxygen atoms in total. The second-order valence-corrected chi connectivity index (χ2v) is 15.6. The zero-order valence-corrected chi connectivity index (χ0v) is 32.1. The third kappa shape index (κ3) is 11.5. The van der Waals surface area contributed by atoms with E-state index in [1.54, 1.807) is 41.5 Å². The van der Waals surface area contributed by atoms with Gasteiger partial charge in [0.05, 0.1) is 0 Å². The highest BCUT2D eigenvalue weighted by atomic mass is 16.6. The van der Waals surface area contributed by atoms with Crippen molar-refractivity contribution in [3.05, 3.63) is 0 Å². The lowest BCUT2D eigenvalue weighted by atomic mass is 9.98. The monoisotopic (exact) mass is 681 g/mol. The SMILES string of the molecule is CC(C)CC1OC(=O)C(C(C)C)N(C)C(=O)C(CC(C)C)OC(=O)C(C(C)C)N(C)C(=O)C(CC(C)C)OC(=O)C(C(C)C)N(C)C1=O. The van der Waals surface area contributed by atoms with Crippen LogP contribution in [-0.4, -0.2) is 108 Å². The molecule has 0 bridgehead atoms. The Kier molecular flexibility index (Phi) is 16.6. The number of likely N-dealkylation sites (N-methyl/N-ethyl adjacent to an activating group) is 3. The van der Waals surface area contributed by atoms with Gasteiger partial charge >= 0.3 is 17.9 Å². The summed E-state index contributed by atoms with van der Waals surface area (Å²) < 4.78 is 17.7. The van der Waals surface area contributed by atoms with Crippen LogP contribution in [0.3, 0.4) is 0 Å². The van der Waals surface area contributed by atoms with Crippen LogP contribution in [0.5, 0.6) is 0 Å². The molecule has 3 amide bonds. The fraction of sp³-hybridized carbons (Fsp3) is 0.833. The third-order valence-electron chi connectivity index (χ3n) is 8.57. The molecule has 1 aliphatic rings. The van der Waals surface area contributed by atoms with Crippen LogP contribution in [0.4, 0.5) is 0 Å².